The summed E-state index contributed by atoms with van der Waals surface area (Å²) in [5, 5.41) is 13.2. The fourth-order valence-electron chi connectivity index (χ4n) is 21.3. The van der Waals surface area contributed by atoms with Crippen molar-refractivity contribution < 1.29 is 33.6 Å². The summed E-state index contributed by atoms with van der Waals surface area (Å²) in [5.74, 6) is 1.37. The highest BCUT2D eigenvalue weighted by Crippen LogP contribution is 2.38. The van der Waals surface area contributed by atoms with Gasteiger partial charge in [0.15, 0.2) is 0 Å². The molecule has 6 aliphatic rings. The summed E-state index contributed by atoms with van der Waals surface area (Å²) >= 11 is 24.3. The molecule has 11 aromatic carbocycles. The van der Waals surface area contributed by atoms with Crippen LogP contribution in [0.2, 0.25) is 20.1 Å². The largest absolute Gasteiger partial charge is 0.352 e. The van der Waals surface area contributed by atoms with Crippen LogP contribution in [-0.4, -0.2) is 168 Å². The van der Waals surface area contributed by atoms with E-state index < -0.39 is 0 Å². The summed E-state index contributed by atoms with van der Waals surface area (Å²) < 4.78 is 8.51. The molecule has 6 aliphatic heterocycles. The van der Waals surface area contributed by atoms with E-state index in [1.54, 1.807) is 0 Å². The highest BCUT2D eigenvalue weighted by Gasteiger charge is 2.45. The van der Waals surface area contributed by atoms with E-state index in [-0.39, 0.29) is 65.0 Å². The maximum Gasteiger partial charge on any atom is 0.270 e. The normalized spacial score (nSPS) is 16.6. The molecule has 0 bridgehead atoms. The number of fused-ring (bicyclic) bond motifs is 5. The van der Waals surface area contributed by atoms with Crippen LogP contribution in [0, 0.1) is 43.4 Å². The second-order valence-electron chi connectivity index (χ2n) is 38.3. The van der Waals surface area contributed by atoms with Crippen LogP contribution in [0.25, 0.3) is 43.6 Å². The Kier molecular flexibility index (Phi) is 31.6. The molecule has 19 nitrogen and oxygen atoms in total. The SMILES string of the molecule is Cc1c(C(=O)N2CCC(C(=O)NCc3ccccc3)CC2)n(Cc2ccc(Cl)cc2)c2ccccc12.Cc1cccc2cc(C(=O)N3CCC(C(=O)NCc4ccccc4)CC3)n(Cc3ccc(Cl)cc3)c12.O=C(c1cc2ccccc2n1Cc1ccc(Cl)cc1)N1CCC(CN2CCCCC2)CC1.O=C(c1cc2ccccc2n1Cc1ccc(Cl)cc1)N1CCC2C(=O)N(Cc3ccccc3)CC2C1. The smallest absolute Gasteiger partial charge is 0.270 e. The Bertz CT molecular complexity index is 6810. The van der Waals surface area contributed by atoms with Crippen LogP contribution in [0.15, 0.2) is 297 Å². The summed E-state index contributed by atoms with van der Waals surface area (Å²) in [6, 6.07) is 97.9. The quantitative estimate of drug-likeness (QED) is 0.0672. The van der Waals surface area contributed by atoms with E-state index in [1.807, 2.05) is 263 Å². The van der Waals surface area contributed by atoms with Gasteiger partial charge in [-0.05, 0) is 226 Å². The predicted molar refractivity (Wildman–Crippen MR) is 562 cm³/mol. The molecule has 6 saturated heterocycles. The zero-order chi connectivity index (χ0) is 96.7. The van der Waals surface area contributed by atoms with Crippen molar-refractivity contribution in [1.82, 2.24) is 58.3 Å². The minimum absolute atomic E-state index is 0.0117. The Morgan fingerprint density at radius 1 is 0.336 bits per heavy atom. The van der Waals surface area contributed by atoms with Gasteiger partial charge in [-0.2, -0.15) is 0 Å². The maximum absolute atomic E-state index is 13.9. The third-order valence-electron chi connectivity index (χ3n) is 29.0. The van der Waals surface area contributed by atoms with Gasteiger partial charge in [-0.25, -0.2) is 0 Å². The Morgan fingerprint density at radius 2 is 0.714 bits per heavy atom. The molecule has 10 heterocycles. The molecular formula is C117H120Cl4N12O7. The lowest BCUT2D eigenvalue weighted by Gasteiger charge is -2.36. The van der Waals surface area contributed by atoms with Gasteiger partial charge in [0.25, 0.3) is 23.6 Å². The molecule has 2 N–H and O–H groups in total. The molecule has 2 atom stereocenters. The molecular weight excluding hydrogens is 1830 g/mol. The molecule has 7 amide bonds. The number of aryl methyl sites for hydroxylation is 2. The van der Waals surface area contributed by atoms with Gasteiger partial charge in [0.2, 0.25) is 17.7 Å². The van der Waals surface area contributed by atoms with Crippen LogP contribution in [-0.2, 0) is 60.2 Å². The maximum atomic E-state index is 13.9. The minimum atomic E-state index is -0.0706. The average molecular weight is 1950 g/mol. The molecule has 0 radical (unpaired) electrons. The number of piperidine rings is 5. The van der Waals surface area contributed by atoms with Crippen LogP contribution in [0.5, 0.6) is 0 Å². The van der Waals surface area contributed by atoms with E-state index in [4.69, 9.17) is 46.4 Å². The zero-order valence-electron chi connectivity index (χ0n) is 79.5. The molecule has 21 rings (SSSR count). The zero-order valence-corrected chi connectivity index (χ0v) is 82.5. The van der Waals surface area contributed by atoms with Crippen LogP contribution >= 0.6 is 46.4 Å². The lowest BCUT2D eigenvalue weighted by atomic mass is 9.88. The predicted octanol–water partition coefficient (Wildman–Crippen LogP) is 22.8. The topological polar surface area (TPSA) is 183 Å². The number of aromatic nitrogens is 4. The van der Waals surface area contributed by atoms with E-state index in [9.17, 15) is 33.6 Å². The molecule has 23 heteroatoms. The first-order chi connectivity index (χ1) is 68.2. The van der Waals surface area contributed by atoms with Crippen molar-refractivity contribution in [2.75, 3.05) is 78.5 Å². The van der Waals surface area contributed by atoms with E-state index >= 15 is 0 Å². The molecule has 15 aromatic rings. The van der Waals surface area contributed by atoms with Crippen molar-refractivity contribution in [3.05, 3.63) is 390 Å². The first-order valence-corrected chi connectivity index (χ1v) is 50.9. The standard InChI is InChI=1S/C30H28ClN3O2.2C30H30ClN3O2.C27H32ClN3O/c31-25-12-10-22(11-13-25)18-34-27-9-5-4-8-23(27)16-28(34)30(36)32-15-14-26-24(19-32)20-33(29(26)35)17-21-6-2-1-3-7-21;1-21-6-5-9-25-18-27(34(28(21)25)20-23-10-12-26(31)13-11-23)30(36)33-16-14-24(15-17-33)29(35)32-19-22-7-3-2-4-8-22;1-21-26-9-5-6-10-27(26)34(20-23-11-13-25(31)14-12-23)28(21)30(36)33-17-15-24(16-18-33)29(35)32-19-22-7-3-2-4-8-22;28-24-10-8-21(9-11-24)20-31-25-7-3-2-6-23(25)18-26(31)27(32)30-16-12-22(13-17-30)19-29-14-4-1-5-15-29/h1-13,16,24,26H,14-15,17-20H2;2-13,18,24H,14-17,19-20H2,1H3,(H,32,35);2-14,24H,15-20H2,1H3,(H,32,35);2-3,6-11,18,22H,1,4-5,12-17,19-20H2. The number of nitrogens with zero attached hydrogens (tertiary/aromatic N) is 10. The second-order valence-corrected chi connectivity index (χ2v) is 40.1. The number of hydrogen-bond acceptors (Lipinski definition) is 8. The van der Waals surface area contributed by atoms with Gasteiger partial charge in [-0.3, -0.25) is 33.6 Å². The number of halogens is 4. The fourth-order valence-corrected chi connectivity index (χ4v) is 21.8. The van der Waals surface area contributed by atoms with Crippen molar-refractivity contribution in [3.63, 3.8) is 0 Å². The van der Waals surface area contributed by atoms with E-state index in [0.29, 0.717) is 144 Å². The second kappa shape index (κ2) is 45.5. The first-order valence-electron chi connectivity index (χ1n) is 49.4. The first kappa shape index (κ1) is 97.2. The Balaban J connectivity index is 0.000000124. The summed E-state index contributed by atoms with van der Waals surface area (Å²) in [6.07, 6.45) is 9.69. The highest BCUT2D eigenvalue weighted by atomic mass is 35.5. The third-order valence-corrected chi connectivity index (χ3v) is 30.0. The highest BCUT2D eigenvalue weighted by molar-refractivity contribution is 6.31. The number of nitrogens with one attached hydrogen (secondary N) is 2. The van der Waals surface area contributed by atoms with Gasteiger partial charge in [0.1, 0.15) is 22.8 Å². The van der Waals surface area contributed by atoms with Crippen molar-refractivity contribution >= 4 is 131 Å². The van der Waals surface area contributed by atoms with Gasteiger partial charge in [0.05, 0.1) is 5.52 Å². The average Bonchev–Trinajstić information content (AvgIpc) is 1.63. The van der Waals surface area contributed by atoms with Crippen molar-refractivity contribution in [1.29, 1.82) is 0 Å². The molecule has 0 saturated carbocycles. The van der Waals surface area contributed by atoms with Crippen LogP contribution in [0.4, 0.5) is 0 Å². The third kappa shape index (κ3) is 23.3. The van der Waals surface area contributed by atoms with Crippen LogP contribution in [0.1, 0.15) is 156 Å². The minimum Gasteiger partial charge on any atom is -0.352 e. The summed E-state index contributed by atoms with van der Waals surface area (Å²) in [6.45, 7) is 17.9. The van der Waals surface area contributed by atoms with Gasteiger partial charge in [-0.1, -0.05) is 265 Å². The summed E-state index contributed by atoms with van der Waals surface area (Å²) in [4.78, 5) is 106. The van der Waals surface area contributed by atoms with Gasteiger partial charge in [0, 0.05) is 193 Å². The number of carbonyl (C=O) groups excluding carboxylic acids is 7. The Morgan fingerprint density at radius 3 is 1.20 bits per heavy atom. The number of hydrogen-bond donors (Lipinski definition) is 2. The number of amides is 7. The molecule has 0 spiro atoms. The van der Waals surface area contributed by atoms with Gasteiger partial charge >= 0.3 is 0 Å². The van der Waals surface area contributed by atoms with Crippen LogP contribution in [0.3, 0.4) is 0 Å². The lowest BCUT2D eigenvalue weighted by Crippen LogP contribution is -2.44. The van der Waals surface area contributed by atoms with E-state index in [0.717, 1.165) is 148 Å². The monoisotopic (exact) mass is 1940 g/mol. The Labute approximate surface area is 839 Å². The molecule has 2 unspecified atom stereocenters. The Hall–Kier alpha value is -13.0. The summed E-state index contributed by atoms with van der Waals surface area (Å²) in [5.41, 5.74) is 17.0. The van der Waals surface area contributed by atoms with E-state index in [1.165, 1.54) is 38.9 Å². The molecule has 4 aromatic heterocycles. The van der Waals surface area contributed by atoms with Crippen molar-refractivity contribution in [2.24, 2.45) is 29.6 Å². The number of para-hydroxylation sites is 4. The van der Waals surface area contributed by atoms with Crippen molar-refractivity contribution in [3.8, 4) is 0 Å². The van der Waals surface area contributed by atoms with Gasteiger partial charge in [-0.15, -0.1) is 0 Å². The fraction of sp³-hybridized carbons (Fsp3) is 0.308. The van der Waals surface area contributed by atoms with Crippen LogP contribution < -0.4 is 10.6 Å². The summed E-state index contributed by atoms with van der Waals surface area (Å²) in [7, 11) is 0. The molecule has 140 heavy (non-hydrogen) atoms. The number of carbonyl (C=O) groups is 7. The number of benzene rings is 11. The molecule has 718 valence electrons. The van der Waals surface area contributed by atoms with Crippen molar-refractivity contribution in [2.45, 2.75) is 124 Å². The number of likely N-dealkylation sites (tertiary alicyclic amines) is 6. The molecule has 6 fully saturated rings. The molecule has 0 aliphatic carbocycles. The van der Waals surface area contributed by atoms with E-state index in [2.05, 4.69) is 106 Å². The number of rotatable bonds is 22. The van der Waals surface area contributed by atoms with Gasteiger partial charge < -0.3 is 58.3 Å². The lowest BCUT2D eigenvalue weighted by molar-refractivity contribution is -0.132.